The maximum Gasteiger partial charge on any atom is 0.260 e. The van der Waals surface area contributed by atoms with E-state index in [1.54, 1.807) is 11.3 Å². The van der Waals surface area contributed by atoms with Crippen LogP contribution in [0.2, 0.25) is 0 Å². The van der Waals surface area contributed by atoms with Crippen LogP contribution in [0, 0.1) is 0 Å². The number of H-pyrrole nitrogens is 1. The number of thioether (sulfide) groups is 1. The van der Waals surface area contributed by atoms with Crippen LogP contribution >= 0.6 is 34.4 Å². The summed E-state index contributed by atoms with van der Waals surface area (Å²) in [6.45, 7) is 1.96. The predicted molar refractivity (Wildman–Crippen MR) is 116 cm³/mol. The fraction of sp³-hybridized carbons (Fsp3) is 0.278. The van der Waals surface area contributed by atoms with Gasteiger partial charge < -0.3 is 15.3 Å². The summed E-state index contributed by atoms with van der Waals surface area (Å²) in [5.41, 5.74) is 5.99. The van der Waals surface area contributed by atoms with Gasteiger partial charge in [0.05, 0.1) is 10.6 Å². The Morgan fingerprint density at radius 1 is 1.38 bits per heavy atom. The largest absolute Gasteiger partial charge is 0.370 e. The van der Waals surface area contributed by atoms with Crippen LogP contribution in [0.5, 0.6) is 0 Å². The predicted octanol–water partition coefficient (Wildman–Crippen LogP) is 3.11. The first kappa shape index (κ1) is 19.8. The molecular weight excluding hydrogens is 428 g/mol. The smallest absolute Gasteiger partial charge is 0.260 e. The van der Waals surface area contributed by atoms with Crippen LogP contribution in [0.1, 0.15) is 30.2 Å². The van der Waals surface area contributed by atoms with Crippen molar-refractivity contribution in [2.45, 2.75) is 30.2 Å². The quantitative estimate of drug-likeness (QED) is 0.421. The number of carbonyl (C=O) groups is 1. The first-order valence-electron chi connectivity index (χ1n) is 8.82. The minimum Gasteiger partial charge on any atom is -0.370 e. The molecule has 4 aromatic rings. The lowest BCUT2D eigenvalue weighted by atomic mass is 10.2. The van der Waals surface area contributed by atoms with E-state index >= 15 is 0 Å². The number of fused-ring (bicyclic) bond motifs is 1. The normalized spacial score (nSPS) is 12.5. The Kier molecular flexibility index (Phi) is 5.52. The Morgan fingerprint density at radius 2 is 2.21 bits per heavy atom. The molecular formula is C18H18N6O2S3. The lowest BCUT2D eigenvalue weighted by Crippen LogP contribution is -2.13. The number of nitrogens with zero attached hydrogens (tertiary/aromatic N) is 4. The molecule has 0 aliphatic rings. The van der Waals surface area contributed by atoms with Gasteiger partial charge in [-0.05, 0) is 18.4 Å². The van der Waals surface area contributed by atoms with Crippen LogP contribution in [-0.2, 0) is 18.3 Å². The van der Waals surface area contributed by atoms with Gasteiger partial charge in [0.15, 0.2) is 5.16 Å². The number of hydrogen-bond donors (Lipinski definition) is 2. The van der Waals surface area contributed by atoms with E-state index < -0.39 is 0 Å². The molecule has 11 heteroatoms. The number of aromatic nitrogens is 5. The summed E-state index contributed by atoms with van der Waals surface area (Å²) in [6, 6.07) is 3.97. The molecule has 4 rings (SSSR count). The SMILES string of the molecule is C[C@@H](Sc1nnc(CCC(N)=O)n1C)c1nc2scc(-c3cccs3)c2c(=O)[nH]1. The summed E-state index contributed by atoms with van der Waals surface area (Å²) < 4.78 is 1.83. The molecule has 0 fully saturated rings. The lowest BCUT2D eigenvalue weighted by Gasteiger charge is -2.10. The molecule has 3 N–H and O–H groups in total. The monoisotopic (exact) mass is 446 g/mol. The molecule has 0 unspecified atom stereocenters. The lowest BCUT2D eigenvalue weighted by molar-refractivity contribution is -0.118. The Labute approximate surface area is 178 Å². The second-order valence-corrected chi connectivity index (χ2v) is 9.56. The minimum absolute atomic E-state index is 0.133. The van der Waals surface area contributed by atoms with Crippen LogP contribution in [-0.4, -0.2) is 30.6 Å². The fourth-order valence-corrected chi connectivity index (χ4v) is 5.55. The Bertz CT molecular complexity index is 1220. The molecule has 4 aromatic heterocycles. The number of nitrogens with two attached hydrogens (primary N) is 1. The molecule has 150 valence electrons. The second-order valence-electron chi connectivity index (χ2n) is 6.44. The zero-order chi connectivity index (χ0) is 20.5. The van der Waals surface area contributed by atoms with Crippen molar-refractivity contribution in [3.63, 3.8) is 0 Å². The van der Waals surface area contributed by atoms with Crippen molar-refractivity contribution in [2.24, 2.45) is 12.8 Å². The Balaban J connectivity index is 1.59. The summed E-state index contributed by atoms with van der Waals surface area (Å²) in [6.07, 6.45) is 0.665. The van der Waals surface area contributed by atoms with Gasteiger partial charge in [-0.1, -0.05) is 17.8 Å². The number of rotatable bonds is 7. The maximum absolute atomic E-state index is 12.8. The van der Waals surface area contributed by atoms with Crippen LogP contribution < -0.4 is 11.3 Å². The van der Waals surface area contributed by atoms with E-state index in [4.69, 9.17) is 5.73 Å². The van der Waals surface area contributed by atoms with Gasteiger partial charge in [-0.3, -0.25) is 9.59 Å². The van der Waals surface area contributed by atoms with Crippen molar-refractivity contribution in [1.29, 1.82) is 0 Å². The Hall–Kier alpha value is -2.50. The number of hydrogen-bond acceptors (Lipinski definition) is 8. The van der Waals surface area contributed by atoms with Crippen molar-refractivity contribution in [2.75, 3.05) is 0 Å². The van der Waals surface area contributed by atoms with E-state index in [9.17, 15) is 9.59 Å². The van der Waals surface area contributed by atoms with Crippen LogP contribution in [0.25, 0.3) is 20.7 Å². The molecule has 1 amide bonds. The first-order chi connectivity index (χ1) is 13.9. The molecule has 0 saturated carbocycles. The molecule has 0 aliphatic heterocycles. The number of carbonyl (C=O) groups excluding carboxylic acids is 1. The number of thiophene rings is 2. The maximum atomic E-state index is 12.8. The average molecular weight is 447 g/mol. The molecule has 29 heavy (non-hydrogen) atoms. The molecule has 4 heterocycles. The zero-order valence-electron chi connectivity index (χ0n) is 15.7. The van der Waals surface area contributed by atoms with Gasteiger partial charge in [-0.2, -0.15) is 0 Å². The fourth-order valence-electron chi connectivity index (χ4n) is 2.89. The second kappa shape index (κ2) is 8.09. The number of nitrogens with one attached hydrogen (secondary N) is 1. The van der Waals surface area contributed by atoms with Crippen molar-refractivity contribution in [3.8, 4) is 10.4 Å². The molecule has 8 nitrogen and oxygen atoms in total. The topological polar surface area (TPSA) is 120 Å². The van der Waals surface area contributed by atoms with E-state index in [1.807, 2.05) is 41.4 Å². The zero-order valence-corrected chi connectivity index (χ0v) is 18.2. The van der Waals surface area contributed by atoms with Gasteiger partial charge >= 0.3 is 0 Å². The van der Waals surface area contributed by atoms with Crippen molar-refractivity contribution in [3.05, 3.63) is 44.9 Å². The molecule has 0 aromatic carbocycles. The van der Waals surface area contributed by atoms with Crippen LogP contribution in [0.4, 0.5) is 0 Å². The minimum atomic E-state index is -0.372. The van der Waals surface area contributed by atoms with Gasteiger partial charge in [0.25, 0.3) is 5.56 Å². The van der Waals surface area contributed by atoms with Gasteiger partial charge in [-0.25, -0.2) is 4.98 Å². The summed E-state index contributed by atoms with van der Waals surface area (Å²) in [5.74, 6) is 0.909. The summed E-state index contributed by atoms with van der Waals surface area (Å²) >= 11 is 4.52. The van der Waals surface area contributed by atoms with Crippen molar-refractivity contribution >= 4 is 50.6 Å². The standard InChI is InChI=1S/C18H18N6O2S3/c1-9(29-18-23-22-13(24(18)2)6-5-12(19)25)15-20-16(26)14-10(8-28-17(14)21-15)11-4-3-7-27-11/h3-4,7-9H,5-6H2,1-2H3,(H2,19,25)(H,20,21,26)/t9-/m1/s1. The van der Waals surface area contributed by atoms with E-state index in [0.29, 0.717) is 28.6 Å². The number of aryl methyl sites for hydroxylation is 1. The van der Waals surface area contributed by atoms with Gasteiger partial charge in [0, 0.05) is 35.7 Å². The highest BCUT2D eigenvalue weighted by Gasteiger charge is 2.19. The third-order valence-electron chi connectivity index (χ3n) is 4.44. The van der Waals surface area contributed by atoms with E-state index in [2.05, 4.69) is 20.2 Å². The highest BCUT2D eigenvalue weighted by molar-refractivity contribution is 7.99. The van der Waals surface area contributed by atoms with Crippen LogP contribution in [0.3, 0.4) is 0 Å². The van der Waals surface area contributed by atoms with Crippen LogP contribution in [0.15, 0.2) is 32.8 Å². The molecule has 0 bridgehead atoms. The molecule has 1 atom stereocenters. The first-order valence-corrected chi connectivity index (χ1v) is 11.5. The number of amides is 1. The molecule has 0 saturated heterocycles. The number of aromatic amines is 1. The van der Waals surface area contributed by atoms with E-state index in [1.165, 1.54) is 23.1 Å². The van der Waals surface area contributed by atoms with Gasteiger partial charge in [0.2, 0.25) is 5.91 Å². The number of primary amides is 1. The highest BCUT2D eigenvalue weighted by atomic mass is 32.2. The average Bonchev–Trinajstić information content (AvgIpc) is 3.41. The van der Waals surface area contributed by atoms with E-state index in [-0.39, 0.29) is 23.1 Å². The Morgan fingerprint density at radius 3 is 2.93 bits per heavy atom. The molecule has 0 spiro atoms. The molecule has 0 aliphatic carbocycles. The third kappa shape index (κ3) is 3.98. The molecule has 0 radical (unpaired) electrons. The van der Waals surface area contributed by atoms with Gasteiger partial charge in [-0.15, -0.1) is 32.9 Å². The van der Waals surface area contributed by atoms with Crippen molar-refractivity contribution in [1.82, 2.24) is 24.7 Å². The highest BCUT2D eigenvalue weighted by Crippen LogP contribution is 2.36. The van der Waals surface area contributed by atoms with E-state index in [0.717, 1.165) is 15.3 Å². The third-order valence-corrected chi connectivity index (χ3v) is 7.35. The summed E-state index contributed by atoms with van der Waals surface area (Å²) in [7, 11) is 1.84. The summed E-state index contributed by atoms with van der Waals surface area (Å²) in [4.78, 5) is 33.2. The summed E-state index contributed by atoms with van der Waals surface area (Å²) in [5, 5.41) is 13.5. The van der Waals surface area contributed by atoms with Gasteiger partial charge in [0.1, 0.15) is 16.5 Å². The van der Waals surface area contributed by atoms with Crippen molar-refractivity contribution < 1.29 is 4.79 Å².